The summed E-state index contributed by atoms with van der Waals surface area (Å²) in [7, 11) is 1.98. The fraction of sp³-hybridized carbons (Fsp3) is 0.727. The van der Waals surface area contributed by atoms with Crippen LogP contribution in [0.2, 0.25) is 0 Å². The van der Waals surface area contributed by atoms with Gasteiger partial charge < -0.3 is 5.73 Å². The first-order valence-electron chi connectivity index (χ1n) is 5.65. The Morgan fingerprint density at radius 2 is 2.20 bits per heavy atom. The molecule has 0 aliphatic rings. The Labute approximate surface area is 92.1 Å². The first-order valence-corrected chi connectivity index (χ1v) is 5.65. The van der Waals surface area contributed by atoms with Crippen molar-refractivity contribution < 1.29 is 0 Å². The lowest BCUT2D eigenvalue weighted by molar-refractivity contribution is 0.272. The average molecular weight is 210 g/mol. The smallest absolute Gasteiger partial charge is 0.0565 e. The van der Waals surface area contributed by atoms with Gasteiger partial charge in [-0.05, 0) is 19.5 Å². The molecule has 0 saturated heterocycles. The molecule has 0 fully saturated rings. The molecule has 86 valence electrons. The fourth-order valence-corrected chi connectivity index (χ4v) is 1.76. The molecule has 0 amide bonds. The summed E-state index contributed by atoms with van der Waals surface area (Å²) in [6.45, 7) is 8.12. The van der Waals surface area contributed by atoms with E-state index < -0.39 is 0 Å². The Morgan fingerprint density at radius 1 is 1.47 bits per heavy atom. The van der Waals surface area contributed by atoms with Crippen LogP contribution < -0.4 is 5.73 Å². The van der Waals surface area contributed by atoms with Crippen molar-refractivity contribution in [3.63, 3.8) is 0 Å². The molecule has 4 heteroatoms. The molecule has 0 atom stereocenters. The maximum absolute atomic E-state index is 5.68. The Morgan fingerprint density at radius 3 is 2.73 bits per heavy atom. The largest absolute Gasteiger partial charge is 0.326 e. The number of nitrogens with two attached hydrogens (primary N) is 1. The minimum absolute atomic E-state index is 0.576. The van der Waals surface area contributed by atoms with Crippen LogP contribution in [0, 0.1) is 0 Å². The second-order valence-corrected chi connectivity index (χ2v) is 3.81. The number of aromatic nitrogens is 2. The highest BCUT2D eigenvalue weighted by Gasteiger charge is 2.10. The van der Waals surface area contributed by atoms with E-state index in [1.165, 1.54) is 12.1 Å². The summed E-state index contributed by atoms with van der Waals surface area (Å²) in [6, 6.07) is 0. The number of aryl methyl sites for hydroxylation is 1. The van der Waals surface area contributed by atoms with Gasteiger partial charge in [-0.3, -0.25) is 9.58 Å². The minimum atomic E-state index is 0.576. The van der Waals surface area contributed by atoms with Crippen molar-refractivity contribution in [1.29, 1.82) is 0 Å². The van der Waals surface area contributed by atoms with E-state index in [1.54, 1.807) is 0 Å². The second kappa shape index (κ2) is 5.88. The monoisotopic (exact) mass is 210 g/mol. The van der Waals surface area contributed by atoms with Gasteiger partial charge in [0.05, 0.1) is 11.9 Å². The molecular formula is C11H22N4. The molecular weight excluding hydrogens is 188 g/mol. The Kier molecular flexibility index (Phi) is 4.78. The van der Waals surface area contributed by atoms with Crippen LogP contribution in [-0.2, 0) is 20.1 Å². The molecule has 0 aliphatic heterocycles. The molecule has 1 heterocycles. The van der Waals surface area contributed by atoms with Crippen molar-refractivity contribution in [2.75, 3.05) is 13.1 Å². The van der Waals surface area contributed by atoms with Crippen molar-refractivity contribution in [2.45, 2.75) is 33.4 Å². The van der Waals surface area contributed by atoms with Crippen LogP contribution in [0.3, 0.4) is 0 Å². The zero-order chi connectivity index (χ0) is 11.3. The molecule has 0 spiro atoms. The third kappa shape index (κ3) is 3.04. The lowest BCUT2D eigenvalue weighted by Crippen LogP contribution is -2.25. The molecule has 1 aromatic heterocycles. The predicted octanol–water partition coefficient (Wildman–Crippen LogP) is 1.11. The van der Waals surface area contributed by atoms with Crippen LogP contribution in [0.5, 0.6) is 0 Å². The van der Waals surface area contributed by atoms with E-state index in [1.807, 2.05) is 17.9 Å². The van der Waals surface area contributed by atoms with Gasteiger partial charge in [0.15, 0.2) is 0 Å². The summed E-state index contributed by atoms with van der Waals surface area (Å²) in [6.07, 6.45) is 3.05. The van der Waals surface area contributed by atoms with Crippen LogP contribution in [0.15, 0.2) is 6.20 Å². The van der Waals surface area contributed by atoms with Crippen molar-refractivity contribution in [3.8, 4) is 0 Å². The van der Waals surface area contributed by atoms with Gasteiger partial charge in [0.2, 0.25) is 0 Å². The predicted molar refractivity (Wildman–Crippen MR) is 62.3 cm³/mol. The van der Waals surface area contributed by atoms with Gasteiger partial charge in [-0.2, -0.15) is 5.10 Å². The summed E-state index contributed by atoms with van der Waals surface area (Å²) < 4.78 is 1.93. The third-order valence-corrected chi connectivity index (χ3v) is 2.73. The molecule has 1 aromatic rings. The molecule has 0 aromatic carbocycles. The summed E-state index contributed by atoms with van der Waals surface area (Å²) in [4.78, 5) is 2.41. The van der Waals surface area contributed by atoms with Crippen molar-refractivity contribution in [3.05, 3.63) is 17.5 Å². The van der Waals surface area contributed by atoms with E-state index in [9.17, 15) is 0 Å². The normalized spacial score (nSPS) is 11.3. The van der Waals surface area contributed by atoms with Gasteiger partial charge >= 0.3 is 0 Å². The maximum Gasteiger partial charge on any atom is 0.0565 e. The van der Waals surface area contributed by atoms with Crippen LogP contribution in [0.25, 0.3) is 0 Å². The second-order valence-electron chi connectivity index (χ2n) is 3.81. The van der Waals surface area contributed by atoms with Gasteiger partial charge in [0.25, 0.3) is 0 Å². The zero-order valence-electron chi connectivity index (χ0n) is 10.0. The quantitative estimate of drug-likeness (QED) is 0.765. The molecule has 0 bridgehead atoms. The van der Waals surface area contributed by atoms with E-state index in [4.69, 9.17) is 5.73 Å². The Bertz CT molecular complexity index is 293. The van der Waals surface area contributed by atoms with Gasteiger partial charge in [-0.25, -0.2) is 0 Å². The Hall–Kier alpha value is -0.870. The number of nitrogens with zero attached hydrogens (tertiary/aromatic N) is 3. The third-order valence-electron chi connectivity index (χ3n) is 2.73. The highest BCUT2D eigenvalue weighted by atomic mass is 15.3. The van der Waals surface area contributed by atoms with Crippen molar-refractivity contribution >= 4 is 0 Å². The van der Waals surface area contributed by atoms with Crippen LogP contribution in [0.4, 0.5) is 0 Å². The van der Waals surface area contributed by atoms with E-state index in [2.05, 4.69) is 23.8 Å². The highest BCUT2D eigenvalue weighted by molar-refractivity contribution is 5.17. The molecule has 0 radical (unpaired) electrons. The summed E-state index contributed by atoms with van der Waals surface area (Å²) in [5, 5.41) is 4.24. The summed E-state index contributed by atoms with van der Waals surface area (Å²) >= 11 is 0. The average Bonchev–Trinajstić information content (AvgIpc) is 2.59. The first-order chi connectivity index (χ1) is 7.22. The topological polar surface area (TPSA) is 47.1 Å². The number of rotatable bonds is 6. The van der Waals surface area contributed by atoms with Crippen LogP contribution in [-0.4, -0.2) is 27.8 Å². The molecule has 0 aliphatic carbocycles. The number of hydrogen-bond donors (Lipinski definition) is 1. The van der Waals surface area contributed by atoms with Gasteiger partial charge in [0.1, 0.15) is 0 Å². The van der Waals surface area contributed by atoms with Gasteiger partial charge in [-0.15, -0.1) is 0 Å². The van der Waals surface area contributed by atoms with Crippen molar-refractivity contribution in [2.24, 2.45) is 12.8 Å². The van der Waals surface area contributed by atoms with Crippen LogP contribution >= 0.6 is 0 Å². The zero-order valence-corrected chi connectivity index (χ0v) is 10.0. The SMILES string of the molecule is CCCN(CC)Cc1c(CN)cnn1C. The maximum atomic E-state index is 5.68. The summed E-state index contributed by atoms with van der Waals surface area (Å²) in [5.74, 6) is 0. The number of hydrogen-bond acceptors (Lipinski definition) is 3. The van der Waals surface area contributed by atoms with Crippen molar-refractivity contribution in [1.82, 2.24) is 14.7 Å². The highest BCUT2D eigenvalue weighted by Crippen LogP contribution is 2.10. The van der Waals surface area contributed by atoms with E-state index in [0.29, 0.717) is 6.54 Å². The molecule has 15 heavy (non-hydrogen) atoms. The van der Waals surface area contributed by atoms with Crippen LogP contribution in [0.1, 0.15) is 31.5 Å². The van der Waals surface area contributed by atoms with Gasteiger partial charge in [-0.1, -0.05) is 13.8 Å². The summed E-state index contributed by atoms with van der Waals surface area (Å²) in [5.41, 5.74) is 8.09. The first kappa shape index (κ1) is 12.2. The molecule has 2 N–H and O–H groups in total. The molecule has 1 rings (SSSR count). The lowest BCUT2D eigenvalue weighted by atomic mass is 10.2. The molecule has 0 unspecified atom stereocenters. The van der Waals surface area contributed by atoms with E-state index in [-0.39, 0.29) is 0 Å². The molecule has 4 nitrogen and oxygen atoms in total. The minimum Gasteiger partial charge on any atom is -0.326 e. The fourth-order valence-electron chi connectivity index (χ4n) is 1.76. The van der Waals surface area contributed by atoms with Gasteiger partial charge in [0, 0.05) is 25.7 Å². The Balaban J connectivity index is 2.72. The van der Waals surface area contributed by atoms with E-state index in [0.717, 1.165) is 25.2 Å². The molecule has 0 saturated carbocycles. The van der Waals surface area contributed by atoms with E-state index >= 15 is 0 Å². The standard InChI is InChI=1S/C11H22N4/c1-4-6-15(5-2)9-11-10(7-12)8-13-14(11)3/h8H,4-7,9,12H2,1-3H3. The lowest BCUT2D eigenvalue weighted by Gasteiger charge is -2.20.